The van der Waals surface area contributed by atoms with Crippen molar-refractivity contribution in [1.29, 1.82) is 0 Å². The molecule has 1 heterocycles. The fourth-order valence-corrected chi connectivity index (χ4v) is 2.98. The molecule has 0 aromatic heterocycles. The fourth-order valence-electron chi connectivity index (χ4n) is 2.98. The molecule has 1 aromatic carbocycles. The second-order valence-corrected chi connectivity index (χ2v) is 5.90. The topological polar surface area (TPSA) is 67.6 Å². The van der Waals surface area contributed by atoms with E-state index in [0.29, 0.717) is 30.1 Å². The number of nitro groups is 1. The summed E-state index contributed by atoms with van der Waals surface area (Å²) in [5, 5.41) is 15.0. The van der Waals surface area contributed by atoms with Gasteiger partial charge in [0.25, 0.3) is 0 Å². The van der Waals surface area contributed by atoms with Gasteiger partial charge in [0, 0.05) is 25.2 Å². The van der Waals surface area contributed by atoms with E-state index < -0.39 is 0 Å². The molecular weight excluding hydrogens is 282 g/mol. The maximum atomic E-state index is 11.5. The molecule has 2 rings (SSSR count). The molecule has 122 valence electrons. The van der Waals surface area contributed by atoms with Crippen LogP contribution in [0.3, 0.4) is 0 Å². The second-order valence-electron chi connectivity index (χ2n) is 5.90. The summed E-state index contributed by atoms with van der Waals surface area (Å²) in [5.41, 5.74) is 0.749. The third-order valence-corrected chi connectivity index (χ3v) is 3.86. The lowest BCUT2D eigenvalue weighted by Gasteiger charge is -2.34. The first kappa shape index (κ1) is 16.5. The fraction of sp³-hybridized carbons (Fsp3) is 0.625. The minimum Gasteiger partial charge on any atom is -0.487 e. The number of anilines is 1. The number of ether oxygens (including phenoxy) is 1. The number of para-hydroxylation sites is 1. The normalized spacial score (nSPS) is 16.1. The van der Waals surface area contributed by atoms with Gasteiger partial charge in [-0.15, -0.1) is 0 Å². The molecule has 0 unspecified atom stereocenters. The third kappa shape index (κ3) is 3.88. The van der Waals surface area contributed by atoms with Crippen LogP contribution in [0.1, 0.15) is 33.6 Å². The van der Waals surface area contributed by atoms with Crippen molar-refractivity contribution in [3.05, 3.63) is 28.3 Å². The molecule has 0 spiro atoms. The van der Waals surface area contributed by atoms with Crippen LogP contribution in [0.5, 0.6) is 5.75 Å². The van der Waals surface area contributed by atoms with Gasteiger partial charge in [-0.25, -0.2) is 0 Å². The highest BCUT2D eigenvalue weighted by atomic mass is 16.6. The van der Waals surface area contributed by atoms with Crippen molar-refractivity contribution in [2.75, 3.05) is 24.6 Å². The third-order valence-electron chi connectivity index (χ3n) is 3.86. The van der Waals surface area contributed by atoms with Crippen molar-refractivity contribution in [3.8, 4) is 5.75 Å². The molecule has 0 radical (unpaired) electrons. The summed E-state index contributed by atoms with van der Waals surface area (Å²) in [7, 11) is 0. The lowest BCUT2D eigenvalue weighted by atomic mass is 10.0. The molecule has 22 heavy (non-hydrogen) atoms. The Bertz CT molecular complexity index is 511. The SMILES string of the molecule is CCOc1cccc(N2CCC(NC(C)C)CC2)c1[N+](=O)[O-]. The number of benzene rings is 1. The highest BCUT2D eigenvalue weighted by Crippen LogP contribution is 2.38. The van der Waals surface area contributed by atoms with Gasteiger partial charge in [-0.3, -0.25) is 10.1 Å². The van der Waals surface area contributed by atoms with E-state index in [1.807, 2.05) is 19.1 Å². The summed E-state index contributed by atoms with van der Waals surface area (Å²) < 4.78 is 5.42. The maximum absolute atomic E-state index is 11.5. The van der Waals surface area contributed by atoms with Crippen LogP contribution in [-0.2, 0) is 0 Å². The highest BCUT2D eigenvalue weighted by molar-refractivity contribution is 5.70. The first-order valence-electron chi connectivity index (χ1n) is 7.94. The quantitative estimate of drug-likeness (QED) is 0.646. The molecule has 0 atom stereocenters. The van der Waals surface area contributed by atoms with Crippen molar-refractivity contribution in [1.82, 2.24) is 5.32 Å². The average Bonchev–Trinajstić information content (AvgIpc) is 2.47. The molecule has 1 fully saturated rings. The van der Waals surface area contributed by atoms with Gasteiger partial charge < -0.3 is 15.0 Å². The molecule has 1 saturated heterocycles. The number of nitrogens with zero attached hydrogens (tertiary/aromatic N) is 2. The Morgan fingerprint density at radius 1 is 1.41 bits per heavy atom. The molecule has 0 amide bonds. The van der Waals surface area contributed by atoms with Gasteiger partial charge in [0.15, 0.2) is 5.75 Å². The van der Waals surface area contributed by atoms with Crippen molar-refractivity contribution in [2.24, 2.45) is 0 Å². The first-order chi connectivity index (χ1) is 10.5. The van der Waals surface area contributed by atoms with Gasteiger partial charge in [-0.05, 0) is 31.9 Å². The number of nitro benzene ring substituents is 1. The largest absolute Gasteiger partial charge is 0.487 e. The zero-order valence-corrected chi connectivity index (χ0v) is 13.5. The summed E-state index contributed by atoms with van der Waals surface area (Å²) in [6, 6.07) is 6.26. The van der Waals surface area contributed by atoms with Crippen molar-refractivity contribution >= 4 is 11.4 Å². The van der Waals surface area contributed by atoms with Gasteiger partial charge in [-0.1, -0.05) is 19.9 Å². The Labute approximate surface area is 131 Å². The van der Waals surface area contributed by atoms with E-state index in [4.69, 9.17) is 4.74 Å². The van der Waals surface area contributed by atoms with E-state index in [9.17, 15) is 10.1 Å². The zero-order valence-electron chi connectivity index (χ0n) is 13.5. The zero-order chi connectivity index (χ0) is 16.1. The van der Waals surface area contributed by atoms with Crippen LogP contribution >= 0.6 is 0 Å². The molecule has 1 aliphatic heterocycles. The van der Waals surface area contributed by atoms with Gasteiger partial charge >= 0.3 is 5.69 Å². The Balaban J connectivity index is 2.16. The van der Waals surface area contributed by atoms with Crippen LogP contribution in [0.4, 0.5) is 11.4 Å². The van der Waals surface area contributed by atoms with Gasteiger partial charge in [0.1, 0.15) is 5.69 Å². The van der Waals surface area contributed by atoms with Crippen molar-refractivity contribution in [2.45, 2.75) is 45.7 Å². The molecule has 1 aromatic rings. The van der Waals surface area contributed by atoms with Crippen LogP contribution in [0.15, 0.2) is 18.2 Å². The van der Waals surface area contributed by atoms with E-state index in [1.54, 1.807) is 6.07 Å². The Kier molecular flexibility index (Phi) is 5.60. The summed E-state index contributed by atoms with van der Waals surface area (Å²) in [6.07, 6.45) is 1.99. The van der Waals surface area contributed by atoms with Crippen LogP contribution < -0.4 is 15.0 Å². The number of hydrogen-bond donors (Lipinski definition) is 1. The second kappa shape index (κ2) is 7.45. The van der Waals surface area contributed by atoms with Gasteiger partial charge in [0.2, 0.25) is 0 Å². The standard InChI is InChI=1S/C16H25N3O3/c1-4-22-15-7-5-6-14(16(15)19(20)21)18-10-8-13(9-11-18)17-12(2)3/h5-7,12-13,17H,4,8-11H2,1-3H3. The van der Waals surface area contributed by atoms with E-state index in [0.717, 1.165) is 25.9 Å². The number of nitrogens with one attached hydrogen (secondary N) is 1. The Hall–Kier alpha value is -1.82. The minimum atomic E-state index is -0.335. The van der Waals surface area contributed by atoms with Crippen LogP contribution in [0.25, 0.3) is 0 Å². The van der Waals surface area contributed by atoms with Crippen molar-refractivity contribution < 1.29 is 9.66 Å². The van der Waals surface area contributed by atoms with E-state index in [-0.39, 0.29) is 10.6 Å². The van der Waals surface area contributed by atoms with Crippen LogP contribution in [0, 0.1) is 10.1 Å². The first-order valence-corrected chi connectivity index (χ1v) is 7.94. The molecule has 6 nitrogen and oxygen atoms in total. The van der Waals surface area contributed by atoms with Crippen LogP contribution in [-0.4, -0.2) is 36.7 Å². The lowest BCUT2D eigenvalue weighted by molar-refractivity contribution is -0.385. The molecule has 0 aliphatic carbocycles. The van der Waals surface area contributed by atoms with E-state index in [1.165, 1.54) is 0 Å². The summed E-state index contributed by atoms with van der Waals surface area (Å²) in [5.74, 6) is 0.354. The molecular formula is C16H25N3O3. The van der Waals surface area contributed by atoms with E-state index >= 15 is 0 Å². The smallest absolute Gasteiger partial charge is 0.333 e. The molecule has 0 bridgehead atoms. The summed E-state index contributed by atoms with van der Waals surface area (Å²) in [6.45, 7) is 8.18. The van der Waals surface area contributed by atoms with Gasteiger partial charge in [-0.2, -0.15) is 0 Å². The maximum Gasteiger partial charge on any atom is 0.333 e. The summed E-state index contributed by atoms with van der Waals surface area (Å²) >= 11 is 0. The lowest BCUT2D eigenvalue weighted by Crippen LogP contribution is -2.44. The predicted octanol–water partition coefficient (Wildman–Crippen LogP) is 2.96. The Morgan fingerprint density at radius 3 is 2.64 bits per heavy atom. The van der Waals surface area contributed by atoms with Crippen molar-refractivity contribution in [3.63, 3.8) is 0 Å². The molecule has 0 saturated carbocycles. The van der Waals surface area contributed by atoms with Gasteiger partial charge in [0.05, 0.1) is 11.5 Å². The number of piperidine rings is 1. The number of rotatable bonds is 6. The van der Waals surface area contributed by atoms with Crippen LogP contribution in [0.2, 0.25) is 0 Å². The number of hydrogen-bond acceptors (Lipinski definition) is 5. The van der Waals surface area contributed by atoms with E-state index in [2.05, 4.69) is 24.1 Å². The molecule has 6 heteroatoms. The Morgan fingerprint density at radius 2 is 2.09 bits per heavy atom. The summed E-state index contributed by atoms with van der Waals surface area (Å²) in [4.78, 5) is 13.2. The molecule has 1 N–H and O–H groups in total. The highest BCUT2D eigenvalue weighted by Gasteiger charge is 2.28. The minimum absolute atomic E-state index is 0.0830. The molecule has 1 aliphatic rings. The monoisotopic (exact) mass is 307 g/mol. The predicted molar refractivity (Wildman–Crippen MR) is 87.8 cm³/mol. The average molecular weight is 307 g/mol.